The van der Waals surface area contributed by atoms with Gasteiger partial charge in [-0.25, -0.2) is 4.79 Å². The van der Waals surface area contributed by atoms with Gasteiger partial charge in [0.15, 0.2) is 0 Å². The molecule has 1 atom stereocenters. The van der Waals surface area contributed by atoms with Crippen LogP contribution in [0.4, 0.5) is 4.79 Å². The summed E-state index contributed by atoms with van der Waals surface area (Å²) in [5.41, 5.74) is 1.08. The molecule has 0 aliphatic rings. The molecule has 0 aromatic heterocycles. The number of benzene rings is 1. The largest absolute Gasteiger partial charge is 0.481 e. The minimum Gasteiger partial charge on any atom is -0.481 e. The molecule has 0 bridgehead atoms. The zero-order valence-corrected chi connectivity index (χ0v) is 11.1. The van der Waals surface area contributed by atoms with E-state index < -0.39 is 5.97 Å². The maximum Gasteiger partial charge on any atom is 0.315 e. The van der Waals surface area contributed by atoms with Crippen LogP contribution in [0.25, 0.3) is 0 Å². The van der Waals surface area contributed by atoms with Gasteiger partial charge in [0.1, 0.15) is 0 Å². The highest BCUT2D eigenvalue weighted by Gasteiger charge is 2.14. The fraction of sp³-hybridized carbons (Fsp3) is 0.429. The second-order valence-corrected chi connectivity index (χ2v) is 4.32. The second-order valence-electron chi connectivity index (χ2n) is 4.32. The van der Waals surface area contributed by atoms with Gasteiger partial charge in [-0.05, 0) is 25.3 Å². The molecule has 19 heavy (non-hydrogen) atoms. The third-order valence-electron chi connectivity index (χ3n) is 2.70. The van der Waals surface area contributed by atoms with E-state index in [2.05, 4.69) is 10.6 Å². The van der Waals surface area contributed by atoms with E-state index in [-0.39, 0.29) is 18.5 Å². The first-order valence-electron chi connectivity index (χ1n) is 6.42. The van der Waals surface area contributed by atoms with Crippen LogP contribution in [-0.4, -0.2) is 29.7 Å². The molecule has 0 spiro atoms. The van der Waals surface area contributed by atoms with E-state index in [1.54, 1.807) is 0 Å². The maximum atomic E-state index is 11.5. The standard InChI is InChI=1S/C14H20N2O3/c1-2-15-14(19)16-12(8-9-13(17)18)10-11-6-4-3-5-7-11/h3-7,12H,2,8-10H2,1H3,(H,17,18)(H2,15,16,19). The summed E-state index contributed by atoms with van der Waals surface area (Å²) in [6.07, 6.45) is 1.09. The molecule has 0 aliphatic heterocycles. The number of urea groups is 1. The van der Waals surface area contributed by atoms with Crippen LogP contribution in [-0.2, 0) is 11.2 Å². The summed E-state index contributed by atoms with van der Waals surface area (Å²) in [5.74, 6) is -0.851. The maximum absolute atomic E-state index is 11.5. The summed E-state index contributed by atoms with van der Waals surface area (Å²) in [4.78, 5) is 22.2. The molecule has 1 aromatic rings. The lowest BCUT2D eigenvalue weighted by Crippen LogP contribution is -2.43. The van der Waals surface area contributed by atoms with Gasteiger partial charge in [0, 0.05) is 19.0 Å². The molecule has 2 amide bonds. The molecule has 5 nitrogen and oxygen atoms in total. The van der Waals surface area contributed by atoms with Gasteiger partial charge in [0.05, 0.1) is 0 Å². The predicted molar refractivity (Wildman–Crippen MR) is 73.0 cm³/mol. The lowest BCUT2D eigenvalue weighted by molar-refractivity contribution is -0.137. The first kappa shape index (κ1) is 15.0. The van der Waals surface area contributed by atoms with Crippen LogP contribution in [0.3, 0.4) is 0 Å². The van der Waals surface area contributed by atoms with Crippen molar-refractivity contribution in [2.24, 2.45) is 0 Å². The Balaban J connectivity index is 2.58. The summed E-state index contributed by atoms with van der Waals surface area (Å²) < 4.78 is 0. The van der Waals surface area contributed by atoms with Crippen molar-refractivity contribution >= 4 is 12.0 Å². The number of amides is 2. The van der Waals surface area contributed by atoms with Gasteiger partial charge < -0.3 is 15.7 Å². The smallest absolute Gasteiger partial charge is 0.315 e. The van der Waals surface area contributed by atoms with Crippen molar-refractivity contribution in [3.8, 4) is 0 Å². The fourth-order valence-corrected chi connectivity index (χ4v) is 1.82. The van der Waals surface area contributed by atoms with Gasteiger partial charge in [-0.2, -0.15) is 0 Å². The molecule has 104 valence electrons. The molecular formula is C14H20N2O3. The topological polar surface area (TPSA) is 78.4 Å². The molecule has 5 heteroatoms. The van der Waals surface area contributed by atoms with Gasteiger partial charge in [-0.3, -0.25) is 4.79 Å². The van der Waals surface area contributed by atoms with E-state index >= 15 is 0 Å². The van der Waals surface area contributed by atoms with E-state index in [4.69, 9.17) is 5.11 Å². The molecule has 0 fully saturated rings. The minimum atomic E-state index is -0.851. The van der Waals surface area contributed by atoms with Gasteiger partial charge >= 0.3 is 12.0 Å². The highest BCUT2D eigenvalue weighted by molar-refractivity contribution is 5.74. The van der Waals surface area contributed by atoms with E-state index in [9.17, 15) is 9.59 Å². The zero-order valence-electron chi connectivity index (χ0n) is 11.1. The first-order chi connectivity index (χ1) is 9.11. The van der Waals surface area contributed by atoms with Crippen molar-refractivity contribution in [1.82, 2.24) is 10.6 Å². The first-order valence-corrected chi connectivity index (χ1v) is 6.42. The third-order valence-corrected chi connectivity index (χ3v) is 2.70. The fourth-order valence-electron chi connectivity index (χ4n) is 1.82. The lowest BCUT2D eigenvalue weighted by atomic mass is 10.0. The molecule has 0 radical (unpaired) electrons. The van der Waals surface area contributed by atoms with Crippen LogP contribution >= 0.6 is 0 Å². The second kappa shape index (κ2) is 8.13. The quantitative estimate of drug-likeness (QED) is 0.702. The number of hydrogen-bond donors (Lipinski definition) is 3. The summed E-state index contributed by atoms with van der Waals surface area (Å²) in [7, 11) is 0. The lowest BCUT2D eigenvalue weighted by Gasteiger charge is -2.18. The van der Waals surface area contributed by atoms with Crippen molar-refractivity contribution < 1.29 is 14.7 Å². The Morgan fingerprint density at radius 3 is 2.53 bits per heavy atom. The molecule has 1 aromatic carbocycles. The molecule has 0 aliphatic carbocycles. The Kier molecular flexibility index (Phi) is 6.43. The van der Waals surface area contributed by atoms with Crippen LogP contribution < -0.4 is 10.6 Å². The Hall–Kier alpha value is -2.04. The summed E-state index contributed by atoms with van der Waals surface area (Å²) in [6, 6.07) is 9.28. The number of aliphatic carboxylic acids is 1. The number of carbonyl (C=O) groups is 2. The third kappa shape index (κ3) is 6.45. The number of hydrogen-bond acceptors (Lipinski definition) is 2. The number of rotatable bonds is 7. The highest BCUT2D eigenvalue weighted by Crippen LogP contribution is 2.07. The van der Waals surface area contributed by atoms with Crippen molar-refractivity contribution in [2.45, 2.75) is 32.2 Å². The Morgan fingerprint density at radius 2 is 1.95 bits per heavy atom. The highest BCUT2D eigenvalue weighted by atomic mass is 16.4. The van der Waals surface area contributed by atoms with Crippen LogP contribution in [0.15, 0.2) is 30.3 Å². The van der Waals surface area contributed by atoms with E-state index in [0.29, 0.717) is 19.4 Å². The average Bonchev–Trinajstić information content (AvgIpc) is 2.37. The van der Waals surface area contributed by atoms with E-state index in [1.165, 1.54) is 0 Å². The van der Waals surface area contributed by atoms with E-state index in [0.717, 1.165) is 5.56 Å². The van der Waals surface area contributed by atoms with Crippen LogP contribution in [0, 0.1) is 0 Å². The monoisotopic (exact) mass is 264 g/mol. The zero-order chi connectivity index (χ0) is 14.1. The normalized spacial score (nSPS) is 11.6. The molecule has 0 saturated carbocycles. The van der Waals surface area contributed by atoms with Gasteiger partial charge in [0.25, 0.3) is 0 Å². The van der Waals surface area contributed by atoms with Crippen molar-refractivity contribution in [2.75, 3.05) is 6.54 Å². The van der Waals surface area contributed by atoms with Gasteiger partial charge in [0.2, 0.25) is 0 Å². The van der Waals surface area contributed by atoms with Crippen molar-refractivity contribution in [3.63, 3.8) is 0 Å². The molecule has 1 rings (SSSR count). The van der Waals surface area contributed by atoms with Crippen molar-refractivity contribution in [1.29, 1.82) is 0 Å². The average molecular weight is 264 g/mol. The SMILES string of the molecule is CCNC(=O)NC(CCC(=O)O)Cc1ccccc1. The Bertz CT molecular complexity index is 406. The molecule has 0 heterocycles. The Morgan fingerprint density at radius 1 is 1.26 bits per heavy atom. The predicted octanol–water partition coefficient (Wildman–Crippen LogP) is 1.78. The van der Waals surface area contributed by atoms with Crippen LogP contribution in [0.5, 0.6) is 0 Å². The van der Waals surface area contributed by atoms with Crippen molar-refractivity contribution in [3.05, 3.63) is 35.9 Å². The number of carboxylic acid groups (broad SMARTS) is 1. The van der Waals surface area contributed by atoms with Gasteiger partial charge in [-0.1, -0.05) is 30.3 Å². The Labute approximate surface area is 113 Å². The molecule has 3 N–H and O–H groups in total. The minimum absolute atomic E-state index is 0.0455. The summed E-state index contributed by atoms with van der Waals surface area (Å²) >= 11 is 0. The summed E-state index contributed by atoms with van der Waals surface area (Å²) in [5, 5.41) is 14.2. The molecular weight excluding hydrogens is 244 g/mol. The van der Waals surface area contributed by atoms with E-state index in [1.807, 2.05) is 37.3 Å². The van der Waals surface area contributed by atoms with Crippen LogP contribution in [0.1, 0.15) is 25.3 Å². The number of carbonyl (C=O) groups excluding carboxylic acids is 1. The summed E-state index contributed by atoms with van der Waals surface area (Å²) in [6.45, 7) is 2.38. The van der Waals surface area contributed by atoms with Gasteiger partial charge in [-0.15, -0.1) is 0 Å². The number of carboxylic acids is 1. The molecule has 0 saturated heterocycles. The molecule has 1 unspecified atom stereocenters. The van der Waals surface area contributed by atoms with Crippen LogP contribution in [0.2, 0.25) is 0 Å². The number of nitrogens with one attached hydrogen (secondary N) is 2.